The molecule has 158 valence electrons. The Kier molecular flexibility index (Phi) is 6.02. The number of amides is 1. The highest BCUT2D eigenvalue weighted by Crippen LogP contribution is 2.21. The van der Waals surface area contributed by atoms with Crippen LogP contribution in [-0.2, 0) is 11.4 Å². The van der Waals surface area contributed by atoms with Crippen LogP contribution >= 0.6 is 0 Å². The molecule has 1 aliphatic rings. The number of halogens is 3. The molecule has 0 spiro atoms. The van der Waals surface area contributed by atoms with Gasteiger partial charge in [0.05, 0.1) is 12.3 Å². The fraction of sp³-hybridized carbons (Fsp3) is 0.167. The third-order valence-corrected chi connectivity index (χ3v) is 4.96. The molecule has 0 saturated carbocycles. The van der Waals surface area contributed by atoms with Crippen LogP contribution in [0.25, 0.3) is 0 Å². The number of rotatable bonds is 6. The maximum Gasteiger partial charge on any atom is 0.254 e. The van der Waals surface area contributed by atoms with Gasteiger partial charge in [-0.1, -0.05) is 41.6 Å². The van der Waals surface area contributed by atoms with Crippen LogP contribution in [0.5, 0.6) is 0 Å². The van der Waals surface area contributed by atoms with Gasteiger partial charge in [0.2, 0.25) is 0 Å². The lowest BCUT2D eigenvalue weighted by molar-refractivity contribution is 0.0404. The van der Waals surface area contributed by atoms with Crippen molar-refractivity contribution in [3.05, 3.63) is 107 Å². The number of hydrogen-bond donors (Lipinski definition) is 0. The van der Waals surface area contributed by atoms with Gasteiger partial charge in [0.15, 0.2) is 6.10 Å². The van der Waals surface area contributed by atoms with Crippen molar-refractivity contribution in [3.8, 4) is 0 Å². The number of carbonyl (C=O) groups excluding carboxylic acids is 1. The van der Waals surface area contributed by atoms with Crippen LogP contribution in [0.4, 0.5) is 13.2 Å². The summed E-state index contributed by atoms with van der Waals surface area (Å²) in [4.78, 5) is 20.0. The van der Waals surface area contributed by atoms with Crippen LogP contribution in [0.2, 0.25) is 0 Å². The van der Waals surface area contributed by atoms with E-state index in [0.717, 1.165) is 6.07 Å². The summed E-state index contributed by atoms with van der Waals surface area (Å²) in [6.07, 6.45) is -0.211. The van der Waals surface area contributed by atoms with Crippen LogP contribution < -0.4 is 0 Å². The van der Waals surface area contributed by atoms with Gasteiger partial charge in [0.25, 0.3) is 5.91 Å². The topological polar surface area (TPSA) is 41.9 Å². The molecule has 0 N–H and O–H groups in total. The zero-order valence-electron chi connectivity index (χ0n) is 16.5. The van der Waals surface area contributed by atoms with Crippen LogP contribution in [0.15, 0.2) is 78.0 Å². The van der Waals surface area contributed by atoms with Crippen molar-refractivity contribution in [2.45, 2.75) is 19.1 Å². The fourth-order valence-electron chi connectivity index (χ4n) is 3.51. The molecule has 4 nitrogen and oxygen atoms in total. The molecular formula is C24H19F3N2O2. The maximum atomic E-state index is 14.1. The monoisotopic (exact) mass is 424 g/mol. The van der Waals surface area contributed by atoms with Crippen molar-refractivity contribution in [3.63, 3.8) is 0 Å². The van der Waals surface area contributed by atoms with Gasteiger partial charge in [-0.05, 0) is 42.0 Å². The van der Waals surface area contributed by atoms with Gasteiger partial charge in [-0.2, -0.15) is 0 Å². The summed E-state index contributed by atoms with van der Waals surface area (Å²) in [5, 5.41) is 3.99. The largest absolute Gasteiger partial charge is 0.390 e. The lowest BCUT2D eigenvalue weighted by Gasteiger charge is -2.25. The van der Waals surface area contributed by atoms with E-state index >= 15 is 0 Å². The molecule has 1 amide bonds. The normalized spacial score (nSPS) is 15.3. The van der Waals surface area contributed by atoms with Crippen molar-refractivity contribution in [2.24, 2.45) is 5.16 Å². The first-order chi connectivity index (χ1) is 15.0. The molecule has 0 aliphatic carbocycles. The Bertz CT molecular complexity index is 1130. The molecule has 7 heteroatoms. The summed E-state index contributed by atoms with van der Waals surface area (Å²) in [7, 11) is 0. The van der Waals surface area contributed by atoms with E-state index < -0.39 is 29.5 Å². The second kappa shape index (κ2) is 9.04. The first-order valence-corrected chi connectivity index (χ1v) is 9.76. The van der Waals surface area contributed by atoms with E-state index in [2.05, 4.69) is 5.16 Å². The van der Waals surface area contributed by atoms with Gasteiger partial charge in [-0.15, -0.1) is 0 Å². The summed E-state index contributed by atoms with van der Waals surface area (Å²) in [6.45, 7) is 0.218. The first-order valence-electron chi connectivity index (χ1n) is 9.76. The van der Waals surface area contributed by atoms with Gasteiger partial charge in [0.1, 0.15) is 17.5 Å². The van der Waals surface area contributed by atoms with E-state index in [4.69, 9.17) is 4.84 Å². The number of oxime groups is 1. The predicted molar refractivity (Wildman–Crippen MR) is 110 cm³/mol. The van der Waals surface area contributed by atoms with Crippen molar-refractivity contribution < 1.29 is 22.8 Å². The highest BCUT2D eigenvalue weighted by Gasteiger charge is 2.28. The lowest BCUT2D eigenvalue weighted by atomic mass is 10.0. The van der Waals surface area contributed by atoms with Crippen molar-refractivity contribution in [1.82, 2.24) is 4.90 Å². The summed E-state index contributed by atoms with van der Waals surface area (Å²) >= 11 is 0. The Morgan fingerprint density at radius 1 is 0.968 bits per heavy atom. The van der Waals surface area contributed by atoms with E-state index in [1.165, 1.54) is 41.3 Å². The van der Waals surface area contributed by atoms with E-state index in [9.17, 15) is 18.0 Å². The van der Waals surface area contributed by atoms with Crippen LogP contribution in [-0.4, -0.2) is 29.2 Å². The Morgan fingerprint density at radius 3 is 2.45 bits per heavy atom. The molecule has 0 unspecified atom stereocenters. The van der Waals surface area contributed by atoms with E-state index in [1.807, 2.05) is 0 Å². The Balaban J connectivity index is 1.53. The fourth-order valence-corrected chi connectivity index (χ4v) is 3.51. The Labute approximate surface area is 177 Å². The number of carbonyl (C=O) groups is 1. The molecule has 4 rings (SSSR count). The second-order valence-electron chi connectivity index (χ2n) is 7.28. The first kappa shape index (κ1) is 20.7. The minimum Gasteiger partial charge on any atom is -0.390 e. The smallest absolute Gasteiger partial charge is 0.254 e. The Hall–Kier alpha value is -3.61. The number of hydrogen-bond acceptors (Lipinski definition) is 3. The Morgan fingerprint density at radius 2 is 1.71 bits per heavy atom. The van der Waals surface area contributed by atoms with E-state index in [-0.39, 0.29) is 18.7 Å². The summed E-state index contributed by atoms with van der Waals surface area (Å²) < 4.78 is 41.4. The molecule has 0 saturated heterocycles. The lowest BCUT2D eigenvalue weighted by Crippen LogP contribution is -2.37. The average molecular weight is 424 g/mol. The SMILES string of the molecule is O=C(c1cccc(F)c1)N(Cc1cccc(F)c1)C[C@@H]1CC(c2ccccc2F)=NO1. The average Bonchev–Trinajstić information content (AvgIpc) is 3.21. The number of benzene rings is 3. The molecule has 0 radical (unpaired) electrons. The molecule has 0 bridgehead atoms. The van der Waals surface area contributed by atoms with Gasteiger partial charge in [-0.3, -0.25) is 4.79 Å². The van der Waals surface area contributed by atoms with Gasteiger partial charge in [0, 0.05) is 24.1 Å². The summed E-state index contributed by atoms with van der Waals surface area (Å²) in [5.41, 5.74) is 1.55. The minimum absolute atomic E-state index is 0.0992. The van der Waals surface area contributed by atoms with E-state index in [0.29, 0.717) is 23.3 Å². The van der Waals surface area contributed by atoms with E-state index in [1.54, 1.807) is 30.3 Å². The minimum atomic E-state index is -0.529. The van der Waals surface area contributed by atoms with Crippen molar-refractivity contribution in [1.29, 1.82) is 0 Å². The molecule has 1 aliphatic heterocycles. The second-order valence-corrected chi connectivity index (χ2v) is 7.28. The summed E-state index contributed by atoms with van der Waals surface area (Å²) in [6, 6.07) is 17.5. The van der Waals surface area contributed by atoms with Crippen molar-refractivity contribution in [2.75, 3.05) is 6.54 Å². The molecule has 1 heterocycles. The quantitative estimate of drug-likeness (QED) is 0.563. The highest BCUT2D eigenvalue weighted by molar-refractivity contribution is 6.01. The molecular weight excluding hydrogens is 405 g/mol. The predicted octanol–water partition coefficient (Wildman–Crippen LogP) is 4.94. The van der Waals surface area contributed by atoms with Crippen LogP contribution in [0, 0.1) is 17.5 Å². The molecule has 0 aromatic heterocycles. The zero-order chi connectivity index (χ0) is 21.8. The summed E-state index contributed by atoms with van der Waals surface area (Å²) in [5.74, 6) is -1.78. The molecule has 0 fully saturated rings. The van der Waals surface area contributed by atoms with Gasteiger partial charge in [-0.25, -0.2) is 13.2 Å². The zero-order valence-corrected chi connectivity index (χ0v) is 16.5. The van der Waals surface area contributed by atoms with Gasteiger partial charge >= 0.3 is 0 Å². The van der Waals surface area contributed by atoms with Crippen molar-refractivity contribution >= 4 is 11.6 Å². The third-order valence-electron chi connectivity index (χ3n) is 4.96. The third kappa shape index (κ3) is 4.94. The van der Waals surface area contributed by atoms with Crippen LogP contribution in [0.3, 0.4) is 0 Å². The molecule has 31 heavy (non-hydrogen) atoms. The standard InChI is InChI=1S/C24H19F3N2O2/c25-18-7-3-5-16(11-18)14-29(24(30)17-6-4-8-19(26)12-17)15-20-13-23(28-31-20)21-9-1-2-10-22(21)27/h1-12,20H,13-15H2/t20-/m0/s1. The molecule has 3 aromatic carbocycles. The molecule has 3 aromatic rings. The highest BCUT2D eigenvalue weighted by atomic mass is 19.1. The number of nitrogens with zero attached hydrogens (tertiary/aromatic N) is 2. The van der Waals surface area contributed by atoms with Crippen LogP contribution in [0.1, 0.15) is 27.9 Å². The molecule has 1 atom stereocenters. The maximum absolute atomic E-state index is 14.1. The van der Waals surface area contributed by atoms with Gasteiger partial charge < -0.3 is 9.74 Å².